The Morgan fingerprint density at radius 1 is 1.47 bits per heavy atom. The van der Waals surface area contributed by atoms with Crippen LogP contribution >= 0.6 is 11.8 Å². The highest BCUT2D eigenvalue weighted by molar-refractivity contribution is 7.99. The number of aliphatic carboxylic acids is 1. The molecule has 8 heteroatoms. The number of hydrogen-bond acceptors (Lipinski definition) is 5. The number of aromatic nitrogens is 1. The predicted molar refractivity (Wildman–Crippen MR) is 62.6 cm³/mol. The molecule has 1 heterocycles. The summed E-state index contributed by atoms with van der Waals surface area (Å²) in [7, 11) is -4.55. The number of carbonyl (C=O) groups is 1. The first-order chi connectivity index (χ1) is 7.91. The number of pyridine rings is 1. The average Bonchev–Trinajstić information content (AvgIpc) is 2.23. The number of nitrogens with zero attached hydrogens (tertiary/aromatic N) is 1. The van der Waals surface area contributed by atoms with Gasteiger partial charge in [0.15, 0.2) is 5.25 Å². The fraction of sp³-hybridized carbons (Fsp3) is 0.333. The van der Waals surface area contributed by atoms with Crippen LogP contribution < -0.4 is 0 Å². The van der Waals surface area contributed by atoms with E-state index in [0.29, 0.717) is 5.03 Å². The van der Waals surface area contributed by atoms with Crippen LogP contribution in [0.15, 0.2) is 29.4 Å². The van der Waals surface area contributed by atoms with Crippen molar-refractivity contribution in [2.24, 2.45) is 0 Å². The zero-order valence-electron chi connectivity index (χ0n) is 8.68. The van der Waals surface area contributed by atoms with Crippen LogP contribution in [0, 0.1) is 0 Å². The summed E-state index contributed by atoms with van der Waals surface area (Å²) in [6.07, 6.45) is 1.41. The van der Waals surface area contributed by atoms with E-state index >= 15 is 0 Å². The molecule has 0 fully saturated rings. The Kier molecular flexibility index (Phi) is 4.91. The van der Waals surface area contributed by atoms with Crippen molar-refractivity contribution in [3.8, 4) is 0 Å². The van der Waals surface area contributed by atoms with Gasteiger partial charge >= 0.3 is 5.97 Å². The van der Waals surface area contributed by atoms with Crippen LogP contribution in [0.4, 0.5) is 0 Å². The molecule has 0 amide bonds. The number of carboxylic acid groups (broad SMARTS) is 1. The number of thioether (sulfide) groups is 1. The van der Waals surface area contributed by atoms with Crippen molar-refractivity contribution in [1.29, 1.82) is 0 Å². The maximum Gasteiger partial charge on any atom is 0.324 e. The van der Waals surface area contributed by atoms with Crippen molar-refractivity contribution in [1.82, 2.24) is 4.98 Å². The summed E-state index contributed by atoms with van der Waals surface area (Å²) in [4.78, 5) is 14.6. The van der Waals surface area contributed by atoms with Gasteiger partial charge in [0.25, 0.3) is 10.1 Å². The topological polar surface area (TPSA) is 105 Å². The van der Waals surface area contributed by atoms with Crippen LogP contribution in [0.2, 0.25) is 0 Å². The van der Waals surface area contributed by atoms with Gasteiger partial charge in [-0.1, -0.05) is 6.07 Å². The second-order valence-electron chi connectivity index (χ2n) is 3.15. The van der Waals surface area contributed by atoms with E-state index in [9.17, 15) is 13.2 Å². The van der Waals surface area contributed by atoms with Crippen LogP contribution in [0.3, 0.4) is 0 Å². The number of carboxylic acids is 1. The van der Waals surface area contributed by atoms with E-state index in [1.54, 1.807) is 24.4 Å². The largest absolute Gasteiger partial charge is 0.480 e. The molecular formula is C9H11NO5S2. The third kappa shape index (κ3) is 4.72. The van der Waals surface area contributed by atoms with Crippen molar-refractivity contribution in [2.45, 2.75) is 16.7 Å². The average molecular weight is 277 g/mol. The molecule has 17 heavy (non-hydrogen) atoms. The van der Waals surface area contributed by atoms with Crippen molar-refractivity contribution >= 4 is 27.8 Å². The predicted octanol–water partition coefficient (Wildman–Crippen LogP) is 0.905. The van der Waals surface area contributed by atoms with Gasteiger partial charge in [0.05, 0.1) is 5.03 Å². The van der Waals surface area contributed by atoms with E-state index in [2.05, 4.69) is 4.98 Å². The SMILES string of the molecule is O=C(O)C(CCSc1ccccn1)S(=O)(=O)O. The lowest BCUT2D eigenvalue weighted by Crippen LogP contribution is -2.30. The third-order valence-electron chi connectivity index (χ3n) is 1.90. The molecule has 0 aromatic carbocycles. The van der Waals surface area contributed by atoms with Crippen LogP contribution in [-0.2, 0) is 14.9 Å². The lowest BCUT2D eigenvalue weighted by molar-refractivity contribution is -0.136. The normalized spacial score (nSPS) is 13.2. The van der Waals surface area contributed by atoms with Crippen molar-refractivity contribution in [3.63, 3.8) is 0 Å². The third-order valence-corrected chi connectivity index (χ3v) is 4.04. The highest BCUT2D eigenvalue weighted by Crippen LogP contribution is 2.17. The van der Waals surface area contributed by atoms with Crippen LogP contribution in [0.25, 0.3) is 0 Å². The van der Waals surface area contributed by atoms with Crippen molar-refractivity contribution < 1.29 is 22.9 Å². The molecule has 94 valence electrons. The minimum atomic E-state index is -4.55. The van der Waals surface area contributed by atoms with Crippen LogP contribution in [0.5, 0.6) is 0 Å². The first-order valence-electron chi connectivity index (χ1n) is 4.64. The molecule has 1 aromatic rings. The van der Waals surface area contributed by atoms with Gasteiger partial charge in [0.1, 0.15) is 0 Å². The maximum absolute atomic E-state index is 10.8. The van der Waals surface area contributed by atoms with Gasteiger partial charge < -0.3 is 5.11 Å². The molecule has 2 N–H and O–H groups in total. The molecule has 0 aliphatic carbocycles. The highest BCUT2D eigenvalue weighted by Gasteiger charge is 2.30. The lowest BCUT2D eigenvalue weighted by atomic mass is 10.3. The van der Waals surface area contributed by atoms with E-state index in [4.69, 9.17) is 9.66 Å². The molecule has 6 nitrogen and oxygen atoms in total. The lowest BCUT2D eigenvalue weighted by Gasteiger charge is -2.07. The molecule has 0 radical (unpaired) electrons. The molecule has 1 rings (SSSR count). The smallest absolute Gasteiger partial charge is 0.324 e. The molecule has 0 bridgehead atoms. The van der Waals surface area contributed by atoms with E-state index < -0.39 is 21.3 Å². The zero-order chi connectivity index (χ0) is 12.9. The van der Waals surface area contributed by atoms with Crippen LogP contribution in [-0.4, -0.2) is 40.0 Å². The van der Waals surface area contributed by atoms with Crippen molar-refractivity contribution in [2.75, 3.05) is 5.75 Å². The van der Waals surface area contributed by atoms with E-state index in [-0.39, 0.29) is 12.2 Å². The minimum absolute atomic E-state index is 0.171. The maximum atomic E-state index is 10.8. The van der Waals surface area contributed by atoms with Gasteiger partial charge in [-0.2, -0.15) is 8.42 Å². The number of hydrogen-bond donors (Lipinski definition) is 2. The summed E-state index contributed by atoms with van der Waals surface area (Å²) in [5, 5.41) is 7.54. The minimum Gasteiger partial charge on any atom is -0.480 e. The van der Waals surface area contributed by atoms with Gasteiger partial charge in [-0.05, 0) is 18.6 Å². The summed E-state index contributed by atoms with van der Waals surface area (Å²) >= 11 is 1.23. The molecule has 0 spiro atoms. The Morgan fingerprint density at radius 3 is 2.65 bits per heavy atom. The molecule has 0 saturated heterocycles. The first kappa shape index (κ1) is 13.9. The van der Waals surface area contributed by atoms with E-state index in [0.717, 1.165) is 0 Å². The molecule has 0 saturated carbocycles. The Morgan fingerprint density at radius 2 is 2.18 bits per heavy atom. The van der Waals surface area contributed by atoms with Gasteiger partial charge in [-0.15, -0.1) is 11.8 Å². The zero-order valence-corrected chi connectivity index (χ0v) is 10.3. The molecule has 0 aliphatic heterocycles. The van der Waals surface area contributed by atoms with Gasteiger partial charge in [-0.3, -0.25) is 9.35 Å². The van der Waals surface area contributed by atoms with Gasteiger partial charge in [0, 0.05) is 11.9 Å². The van der Waals surface area contributed by atoms with Gasteiger partial charge in [-0.25, -0.2) is 4.98 Å². The van der Waals surface area contributed by atoms with Crippen molar-refractivity contribution in [3.05, 3.63) is 24.4 Å². The molecule has 1 atom stereocenters. The van der Waals surface area contributed by atoms with Gasteiger partial charge in [0.2, 0.25) is 0 Å². The molecule has 1 unspecified atom stereocenters. The first-order valence-corrected chi connectivity index (χ1v) is 7.13. The van der Waals surface area contributed by atoms with Crippen LogP contribution in [0.1, 0.15) is 6.42 Å². The second kappa shape index (κ2) is 5.99. The molecule has 1 aromatic heterocycles. The Bertz CT molecular complexity index is 473. The highest BCUT2D eigenvalue weighted by atomic mass is 32.2. The summed E-state index contributed by atoms with van der Waals surface area (Å²) in [6.45, 7) is 0. The van der Waals surface area contributed by atoms with E-state index in [1.165, 1.54) is 11.8 Å². The summed E-state index contributed by atoms with van der Waals surface area (Å²) in [5.74, 6) is -1.30. The monoisotopic (exact) mass is 277 g/mol. The Balaban J connectivity index is 2.52. The summed E-state index contributed by atoms with van der Waals surface area (Å²) in [5.41, 5.74) is 0. The second-order valence-corrected chi connectivity index (χ2v) is 5.86. The number of rotatable bonds is 6. The fourth-order valence-electron chi connectivity index (χ4n) is 1.10. The quantitative estimate of drug-likeness (QED) is 0.588. The summed E-state index contributed by atoms with van der Waals surface area (Å²) < 4.78 is 30.2. The Hall–Kier alpha value is -1.12. The van der Waals surface area contributed by atoms with E-state index in [1.807, 2.05) is 0 Å². The molecular weight excluding hydrogens is 266 g/mol. The summed E-state index contributed by atoms with van der Waals surface area (Å²) in [6, 6.07) is 5.24. The fourth-order valence-corrected chi connectivity index (χ4v) is 2.80. The standard InChI is InChI=1S/C9H11NO5S2/c11-9(12)7(17(13,14)15)4-6-16-8-3-1-2-5-10-8/h1-3,5,7H,4,6H2,(H,11,12)(H,13,14,15). The molecule has 0 aliphatic rings. The Labute approximate surface area is 103 Å².